The van der Waals surface area contributed by atoms with E-state index in [4.69, 9.17) is 4.74 Å². The van der Waals surface area contributed by atoms with Crippen LogP contribution in [0.15, 0.2) is 93.8 Å². The predicted molar refractivity (Wildman–Crippen MR) is 138 cm³/mol. The summed E-state index contributed by atoms with van der Waals surface area (Å²) in [6.45, 7) is 4.30. The molecule has 0 radical (unpaired) electrons. The van der Waals surface area contributed by atoms with E-state index in [-0.39, 0.29) is 16.9 Å². The van der Waals surface area contributed by atoms with Gasteiger partial charge in [0.05, 0.1) is 29.2 Å². The van der Waals surface area contributed by atoms with Gasteiger partial charge in [-0.2, -0.15) is 4.31 Å². The van der Waals surface area contributed by atoms with E-state index in [1.165, 1.54) is 4.31 Å². The molecule has 0 amide bonds. The Morgan fingerprint density at radius 3 is 2.34 bits per heavy atom. The minimum Gasteiger partial charge on any atom is -0.494 e. The molecule has 0 saturated heterocycles. The van der Waals surface area contributed by atoms with Crippen LogP contribution in [-0.4, -0.2) is 30.4 Å². The van der Waals surface area contributed by atoms with E-state index in [0.29, 0.717) is 17.9 Å². The topological polar surface area (TPSA) is 83.9 Å². The van der Waals surface area contributed by atoms with Crippen LogP contribution >= 0.6 is 15.9 Å². The molecule has 1 heterocycles. The van der Waals surface area contributed by atoms with Crippen LogP contribution in [0.5, 0.6) is 5.75 Å². The van der Waals surface area contributed by atoms with Crippen molar-refractivity contribution in [1.29, 1.82) is 0 Å². The molecule has 0 unspecified atom stereocenters. The summed E-state index contributed by atoms with van der Waals surface area (Å²) in [5, 5.41) is 10.1. The Kier molecular flexibility index (Phi) is 7.44. The van der Waals surface area contributed by atoms with Gasteiger partial charge in [0, 0.05) is 4.47 Å². The van der Waals surface area contributed by atoms with E-state index in [1.54, 1.807) is 60.7 Å². The van der Waals surface area contributed by atoms with Crippen LogP contribution in [0.25, 0.3) is 0 Å². The molecule has 1 aliphatic rings. The number of hydrogen-bond acceptors (Lipinski definition) is 4. The van der Waals surface area contributed by atoms with Crippen molar-refractivity contribution < 1.29 is 23.1 Å². The molecule has 4 rings (SSSR count). The summed E-state index contributed by atoms with van der Waals surface area (Å²) in [7, 11) is -4.09. The largest absolute Gasteiger partial charge is 0.494 e. The van der Waals surface area contributed by atoms with Crippen LogP contribution in [0.2, 0.25) is 0 Å². The quantitative estimate of drug-likeness (QED) is 0.384. The Balaban J connectivity index is 1.93. The van der Waals surface area contributed by atoms with Crippen molar-refractivity contribution >= 4 is 31.9 Å². The van der Waals surface area contributed by atoms with Gasteiger partial charge in [0.25, 0.3) is 0 Å². The molecular formula is C27H26BrNO5S. The van der Waals surface area contributed by atoms with Crippen LogP contribution in [0.3, 0.4) is 0 Å². The number of aliphatic carboxylic acids is 1. The van der Waals surface area contributed by atoms with Crippen molar-refractivity contribution in [1.82, 2.24) is 4.31 Å². The minimum atomic E-state index is -4.09. The van der Waals surface area contributed by atoms with Crippen molar-refractivity contribution in [3.8, 4) is 5.75 Å². The first-order valence-corrected chi connectivity index (χ1v) is 13.5. The molecule has 3 aromatic carbocycles. The minimum absolute atomic E-state index is 0.0287. The molecule has 1 aliphatic heterocycles. The third kappa shape index (κ3) is 5.19. The molecule has 1 N–H and O–H groups in total. The number of benzene rings is 3. The molecule has 6 nitrogen and oxygen atoms in total. The van der Waals surface area contributed by atoms with Gasteiger partial charge in [0.1, 0.15) is 5.75 Å². The summed E-state index contributed by atoms with van der Waals surface area (Å²) in [4.78, 5) is 12.4. The predicted octanol–water partition coefficient (Wildman–Crippen LogP) is 6.04. The Bertz CT molecular complexity index is 1350. The molecular weight excluding hydrogens is 530 g/mol. The Hall–Kier alpha value is -2.94. The smallest absolute Gasteiger partial charge is 0.333 e. The molecule has 182 valence electrons. The number of ether oxygens (including phenoxy) is 1. The average molecular weight is 556 g/mol. The number of carbonyl (C=O) groups is 1. The highest BCUT2D eigenvalue weighted by Gasteiger charge is 2.44. The molecule has 0 aromatic heterocycles. The molecule has 2 atom stereocenters. The summed E-state index contributed by atoms with van der Waals surface area (Å²) >= 11 is 3.44. The van der Waals surface area contributed by atoms with Crippen molar-refractivity contribution in [2.45, 2.75) is 37.2 Å². The number of sulfonamides is 1. The maximum Gasteiger partial charge on any atom is 0.333 e. The number of carboxylic acids is 1. The first kappa shape index (κ1) is 25.2. The van der Waals surface area contributed by atoms with Crippen LogP contribution in [0.1, 0.15) is 42.1 Å². The van der Waals surface area contributed by atoms with E-state index >= 15 is 0 Å². The van der Waals surface area contributed by atoms with Crippen LogP contribution in [0, 0.1) is 6.92 Å². The van der Waals surface area contributed by atoms with Gasteiger partial charge in [0.2, 0.25) is 10.0 Å². The summed E-state index contributed by atoms with van der Waals surface area (Å²) in [5.41, 5.74) is 2.28. The number of aryl methyl sites for hydroxylation is 1. The summed E-state index contributed by atoms with van der Waals surface area (Å²) in [6.07, 6.45) is 1.86. The second-order valence-corrected chi connectivity index (χ2v) is 11.1. The second kappa shape index (κ2) is 10.4. The molecule has 0 bridgehead atoms. The number of halogens is 1. The first-order valence-electron chi connectivity index (χ1n) is 11.2. The summed E-state index contributed by atoms with van der Waals surface area (Å²) in [5.74, 6) is -0.463. The fraction of sp³-hybridized carbons (Fsp3) is 0.222. The third-order valence-corrected chi connectivity index (χ3v) is 8.38. The Morgan fingerprint density at radius 1 is 1.06 bits per heavy atom. The van der Waals surface area contributed by atoms with Crippen molar-refractivity contribution in [2.24, 2.45) is 0 Å². The first-order chi connectivity index (χ1) is 16.7. The summed E-state index contributed by atoms with van der Waals surface area (Å²) in [6, 6.07) is 19.4. The lowest BCUT2D eigenvalue weighted by molar-refractivity contribution is -0.133. The second-order valence-electron chi connectivity index (χ2n) is 8.32. The van der Waals surface area contributed by atoms with Crippen LogP contribution in [-0.2, 0) is 14.8 Å². The molecule has 8 heteroatoms. The van der Waals surface area contributed by atoms with Gasteiger partial charge in [-0.1, -0.05) is 64.0 Å². The lowest BCUT2D eigenvalue weighted by Crippen LogP contribution is -2.42. The average Bonchev–Trinajstić information content (AvgIpc) is 2.84. The third-order valence-electron chi connectivity index (χ3n) is 6.00. The summed E-state index contributed by atoms with van der Waals surface area (Å²) < 4.78 is 35.9. The molecule has 0 saturated carbocycles. The molecule has 0 aliphatic carbocycles. The zero-order valence-corrected chi connectivity index (χ0v) is 21.8. The van der Waals surface area contributed by atoms with Crippen molar-refractivity contribution in [3.05, 3.63) is 106 Å². The number of rotatable bonds is 7. The van der Waals surface area contributed by atoms with Gasteiger partial charge < -0.3 is 9.84 Å². The maximum atomic E-state index is 14.2. The number of nitrogens with zero attached hydrogens (tertiary/aromatic N) is 1. The monoisotopic (exact) mass is 555 g/mol. The molecule has 35 heavy (non-hydrogen) atoms. The maximum absolute atomic E-state index is 14.2. The highest BCUT2D eigenvalue weighted by atomic mass is 79.9. The number of hydrogen-bond donors (Lipinski definition) is 1. The van der Waals surface area contributed by atoms with E-state index in [1.807, 2.05) is 32.0 Å². The van der Waals surface area contributed by atoms with Crippen LogP contribution < -0.4 is 4.74 Å². The lowest BCUT2D eigenvalue weighted by Gasteiger charge is -2.40. The van der Waals surface area contributed by atoms with Gasteiger partial charge >= 0.3 is 5.97 Å². The Labute approximate surface area is 214 Å². The zero-order valence-electron chi connectivity index (χ0n) is 19.4. The van der Waals surface area contributed by atoms with Gasteiger partial charge in [-0.15, -0.1) is 0 Å². The van der Waals surface area contributed by atoms with E-state index in [2.05, 4.69) is 15.9 Å². The SMILES string of the molecule is CCOc1ccc([C@@H]2CC=C(C(=O)O)[C@H](c3cccc(Br)c3)N2S(=O)(=O)c2ccc(C)cc2)cc1. The van der Waals surface area contributed by atoms with Gasteiger partial charge in [-0.05, 0) is 67.8 Å². The standard InChI is InChI=1S/C27H26BrNO5S/c1-3-34-22-11-9-19(10-12-22)25-16-15-24(27(30)31)26(20-5-4-6-21(28)17-20)29(25)35(32,33)23-13-7-18(2)8-14-23/h4-15,17,25-26H,3,16H2,1-2H3,(H,30,31)/t25-,26-/m0/s1. The van der Waals surface area contributed by atoms with Gasteiger partial charge in [0.15, 0.2) is 0 Å². The highest BCUT2D eigenvalue weighted by Crippen LogP contribution is 2.46. The molecule has 3 aromatic rings. The normalized spacial score (nSPS) is 18.7. The fourth-order valence-corrected chi connectivity index (χ4v) is 6.55. The molecule has 0 spiro atoms. The van der Waals surface area contributed by atoms with Crippen LogP contribution in [0.4, 0.5) is 0 Å². The zero-order chi connectivity index (χ0) is 25.2. The lowest BCUT2D eigenvalue weighted by atomic mass is 9.89. The van der Waals surface area contributed by atoms with Crippen molar-refractivity contribution in [2.75, 3.05) is 6.61 Å². The highest BCUT2D eigenvalue weighted by molar-refractivity contribution is 9.10. The van der Waals surface area contributed by atoms with E-state index < -0.39 is 28.1 Å². The van der Waals surface area contributed by atoms with E-state index in [9.17, 15) is 18.3 Å². The van der Waals surface area contributed by atoms with Gasteiger partial charge in [-0.25, -0.2) is 13.2 Å². The van der Waals surface area contributed by atoms with E-state index in [0.717, 1.165) is 15.6 Å². The van der Waals surface area contributed by atoms with Crippen molar-refractivity contribution in [3.63, 3.8) is 0 Å². The molecule has 0 fully saturated rings. The fourth-order valence-electron chi connectivity index (χ4n) is 4.35. The van der Waals surface area contributed by atoms with Gasteiger partial charge in [-0.3, -0.25) is 0 Å². The Morgan fingerprint density at radius 2 is 1.74 bits per heavy atom. The number of carboxylic acid groups (broad SMARTS) is 1.